The van der Waals surface area contributed by atoms with Gasteiger partial charge in [-0.2, -0.15) is 0 Å². The predicted octanol–water partition coefficient (Wildman–Crippen LogP) is 3.88. The van der Waals surface area contributed by atoms with Crippen LogP contribution in [0.1, 0.15) is 37.7 Å². The van der Waals surface area contributed by atoms with Gasteiger partial charge in [0.25, 0.3) is 0 Å². The van der Waals surface area contributed by atoms with Crippen LogP contribution >= 0.6 is 0 Å². The quantitative estimate of drug-likeness (QED) is 0.608. The monoisotopic (exact) mass is 230 g/mol. The van der Waals surface area contributed by atoms with Crippen LogP contribution in [0.25, 0.3) is 0 Å². The summed E-state index contributed by atoms with van der Waals surface area (Å²) in [6.45, 7) is 3.04. The van der Waals surface area contributed by atoms with Crippen molar-refractivity contribution in [3.05, 3.63) is 35.4 Å². The highest BCUT2D eigenvalue weighted by atomic mass is 14.9. The first-order chi connectivity index (χ1) is 8.25. The molecule has 0 atom stereocenters. The van der Waals surface area contributed by atoms with Crippen molar-refractivity contribution in [2.45, 2.75) is 39.0 Å². The molecule has 0 spiro atoms. The number of hydrogen-bond acceptors (Lipinski definition) is 2. The largest absolute Gasteiger partial charge is 0.398 e. The number of anilines is 2. The van der Waals surface area contributed by atoms with E-state index < -0.39 is 0 Å². The van der Waals surface area contributed by atoms with Crippen molar-refractivity contribution in [3.63, 3.8) is 0 Å². The molecule has 0 radical (unpaired) electrons. The van der Waals surface area contributed by atoms with Crippen LogP contribution in [0.2, 0.25) is 0 Å². The van der Waals surface area contributed by atoms with Gasteiger partial charge in [-0.3, -0.25) is 0 Å². The fourth-order valence-corrected chi connectivity index (χ4v) is 2.25. The topological polar surface area (TPSA) is 38.0 Å². The molecule has 0 saturated heterocycles. The molecule has 2 rings (SSSR count). The lowest BCUT2D eigenvalue weighted by atomic mass is 9.97. The molecule has 1 aromatic rings. The molecule has 0 aromatic heterocycles. The van der Waals surface area contributed by atoms with Crippen molar-refractivity contribution in [1.29, 1.82) is 0 Å². The molecule has 0 aliphatic heterocycles. The fraction of sp³-hybridized carbons (Fsp3) is 0.467. The lowest BCUT2D eigenvalue weighted by Gasteiger charge is -2.14. The van der Waals surface area contributed by atoms with Gasteiger partial charge < -0.3 is 11.1 Å². The van der Waals surface area contributed by atoms with Gasteiger partial charge >= 0.3 is 0 Å². The summed E-state index contributed by atoms with van der Waals surface area (Å²) in [7, 11) is 0. The van der Waals surface area contributed by atoms with E-state index in [2.05, 4.69) is 23.5 Å². The van der Waals surface area contributed by atoms with E-state index in [0.717, 1.165) is 29.9 Å². The summed E-state index contributed by atoms with van der Waals surface area (Å²) < 4.78 is 0. The number of hydrogen-bond donors (Lipinski definition) is 2. The zero-order valence-corrected chi connectivity index (χ0v) is 10.6. The SMILES string of the molecule is Cc1ccc(NCCC2=CCCCC2)cc1N. The van der Waals surface area contributed by atoms with Crippen LogP contribution in [0.15, 0.2) is 29.8 Å². The number of allylic oxidation sites excluding steroid dienone is 1. The van der Waals surface area contributed by atoms with E-state index in [-0.39, 0.29) is 0 Å². The smallest absolute Gasteiger partial charge is 0.0364 e. The Bertz CT molecular complexity index is 407. The first-order valence-corrected chi connectivity index (χ1v) is 6.53. The Morgan fingerprint density at radius 3 is 2.88 bits per heavy atom. The minimum absolute atomic E-state index is 0.867. The molecule has 3 N–H and O–H groups in total. The summed E-state index contributed by atoms with van der Waals surface area (Å²) in [6, 6.07) is 6.18. The Labute approximate surface area is 104 Å². The predicted molar refractivity (Wildman–Crippen MR) is 75.2 cm³/mol. The number of nitrogen functional groups attached to an aromatic ring is 1. The molecule has 2 heteroatoms. The van der Waals surface area contributed by atoms with Crippen LogP contribution in [0.3, 0.4) is 0 Å². The Kier molecular flexibility index (Phi) is 4.08. The zero-order valence-electron chi connectivity index (χ0n) is 10.6. The Morgan fingerprint density at radius 1 is 1.29 bits per heavy atom. The first kappa shape index (κ1) is 12.0. The van der Waals surface area contributed by atoms with Crippen molar-refractivity contribution in [3.8, 4) is 0 Å². The van der Waals surface area contributed by atoms with Crippen LogP contribution in [0, 0.1) is 6.92 Å². The second-order valence-corrected chi connectivity index (χ2v) is 4.86. The number of benzene rings is 1. The molecule has 0 saturated carbocycles. The third-order valence-electron chi connectivity index (χ3n) is 3.44. The van der Waals surface area contributed by atoms with E-state index >= 15 is 0 Å². The highest BCUT2D eigenvalue weighted by Crippen LogP contribution is 2.21. The Hall–Kier alpha value is -1.44. The first-order valence-electron chi connectivity index (χ1n) is 6.53. The molecular formula is C15H22N2. The average molecular weight is 230 g/mol. The average Bonchev–Trinajstić information content (AvgIpc) is 2.35. The molecule has 1 aliphatic carbocycles. The molecular weight excluding hydrogens is 208 g/mol. The maximum Gasteiger partial charge on any atom is 0.0364 e. The van der Waals surface area contributed by atoms with E-state index in [1.54, 1.807) is 5.57 Å². The molecule has 17 heavy (non-hydrogen) atoms. The number of aryl methyl sites for hydroxylation is 1. The molecule has 0 amide bonds. The highest BCUT2D eigenvalue weighted by Gasteiger charge is 2.03. The highest BCUT2D eigenvalue weighted by molar-refractivity contribution is 5.58. The van der Waals surface area contributed by atoms with Gasteiger partial charge in [-0.05, 0) is 56.7 Å². The molecule has 0 unspecified atom stereocenters. The Morgan fingerprint density at radius 2 is 2.18 bits per heavy atom. The second-order valence-electron chi connectivity index (χ2n) is 4.86. The number of nitrogens with two attached hydrogens (primary N) is 1. The van der Waals surface area contributed by atoms with Crippen molar-refractivity contribution in [2.75, 3.05) is 17.6 Å². The maximum atomic E-state index is 5.88. The molecule has 2 nitrogen and oxygen atoms in total. The normalized spacial score (nSPS) is 15.5. The second kappa shape index (κ2) is 5.76. The minimum Gasteiger partial charge on any atom is -0.398 e. The van der Waals surface area contributed by atoms with Crippen molar-refractivity contribution < 1.29 is 0 Å². The van der Waals surface area contributed by atoms with Gasteiger partial charge in [0.05, 0.1) is 0 Å². The molecule has 0 heterocycles. The van der Waals surface area contributed by atoms with E-state index in [1.807, 2.05) is 13.0 Å². The van der Waals surface area contributed by atoms with Crippen molar-refractivity contribution in [1.82, 2.24) is 0 Å². The fourth-order valence-electron chi connectivity index (χ4n) is 2.25. The van der Waals surface area contributed by atoms with Gasteiger partial charge in [0.15, 0.2) is 0 Å². The summed E-state index contributed by atoms with van der Waals surface area (Å²) in [4.78, 5) is 0. The zero-order chi connectivity index (χ0) is 12.1. The molecule has 1 aliphatic rings. The van der Waals surface area contributed by atoms with E-state index in [4.69, 9.17) is 5.73 Å². The van der Waals surface area contributed by atoms with Crippen LogP contribution in [0.4, 0.5) is 11.4 Å². The lowest BCUT2D eigenvalue weighted by molar-refractivity contribution is 0.679. The van der Waals surface area contributed by atoms with Gasteiger partial charge in [-0.1, -0.05) is 17.7 Å². The maximum absolute atomic E-state index is 5.88. The minimum atomic E-state index is 0.867. The molecule has 1 aromatic carbocycles. The third kappa shape index (κ3) is 3.52. The van der Waals surface area contributed by atoms with E-state index in [9.17, 15) is 0 Å². The summed E-state index contributed by atoms with van der Waals surface area (Å²) in [6.07, 6.45) is 8.86. The summed E-state index contributed by atoms with van der Waals surface area (Å²) in [5.41, 5.74) is 10.6. The van der Waals surface area contributed by atoms with E-state index in [1.165, 1.54) is 25.7 Å². The van der Waals surface area contributed by atoms with Crippen molar-refractivity contribution in [2.24, 2.45) is 0 Å². The van der Waals surface area contributed by atoms with Crippen LogP contribution in [-0.2, 0) is 0 Å². The third-order valence-corrected chi connectivity index (χ3v) is 3.44. The van der Waals surface area contributed by atoms with Crippen LogP contribution in [-0.4, -0.2) is 6.54 Å². The van der Waals surface area contributed by atoms with Gasteiger partial charge in [-0.15, -0.1) is 0 Å². The van der Waals surface area contributed by atoms with Crippen LogP contribution < -0.4 is 11.1 Å². The van der Waals surface area contributed by atoms with Crippen molar-refractivity contribution >= 4 is 11.4 Å². The van der Waals surface area contributed by atoms with Gasteiger partial charge in [0.2, 0.25) is 0 Å². The van der Waals surface area contributed by atoms with Gasteiger partial charge in [0, 0.05) is 17.9 Å². The molecule has 0 fully saturated rings. The number of rotatable bonds is 4. The molecule has 92 valence electrons. The summed E-state index contributed by atoms with van der Waals surface area (Å²) >= 11 is 0. The number of nitrogens with one attached hydrogen (secondary N) is 1. The standard InChI is InChI=1S/C15H22N2/c1-12-7-8-14(11-15(12)16)17-10-9-13-5-3-2-4-6-13/h5,7-8,11,17H,2-4,6,9-10,16H2,1H3. The summed E-state index contributed by atoms with van der Waals surface area (Å²) in [5.74, 6) is 0. The van der Waals surface area contributed by atoms with Gasteiger partial charge in [-0.25, -0.2) is 0 Å². The lowest BCUT2D eigenvalue weighted by Crippen LogP contribution is -2.05. The summed E-state index contributed by atoms with van der Waals surface area (Å²) in [5, 5.41) is 3.44. The Balaban J connectivity index is 1.81. The van der Waals surface area contributed by atoms with Crippen LogP contribution in [0.5, 0.6) is 0 Å². The van der Waals surface area contributed by atoms with Gasteiger partial charge in [0.1, 0.15) is 0 Å². The molecule has 0 bridgehead atoms. The van der Waals surface area contributed by atoms with E-state index in [0.29, 0.717) is 0 Å².